The maximum atomic E-state index is 11.6. The lowest BCUT2D eigenvalue weighted by Crippen LogP contribution is -2.16. The van der Waals surface area contributed by atoms with Crippen molar-refractivity contribution < 1.29 is 9.90 Å². The number of aryl methyl sites for hydroxylation is 1. The Morgan fingerprint density at radius 3 is 2.94 bits per heavy atom. The van der Waals surface area contributed by atoms with Gasteiger partial charge in [-0.25, -0.2) is 4.98 Å². The van der Waals surface area contributed by atoms with E-state index in [2.05, 4.69) is 10.1 Å². The zero-order valence-electron chi connectivity index (χ0n) is 9.38. The van der Waals surface area contributed by atoms with E-state index in [4.69, 9.17) is 5.11 Å². The van der Waals surface area contributed by atoms with Gasteiger partial charge in [0.1, 0.15) is 10.9 Å². The van der Waals surface area contributed by atoms with Crippen LogP contribution >= 0.6 is 11.3 Å². The SMILES string of the molecule is CCC(C(=O)O)c1nn2c(=O)cc(C)nc2s1. The van der Waals surface area contributed by atoms with E-state index >= 15 is 0 Å². The fourth-order valence-corrected chi connectivity index (χ4v) is 2.66. The summed E-state index contributed by atoms with van der Waals surface area (Å²) in [5, 5.41) is 13.5. The minimum atomic E-state index is -0.934. The lowest BCUT2D eigenvalue weighted by molar-refractivity contribution is -0.138. The van der Waals surface area contributed by atoms with Crippen LogP contribution in [0.4, 0.5) is 0 Å². The fourth-order valence-electron chi connectivity index (χ4n) is 1.53. The molecule has 0 saturated heterocycles. The highest BCUT2D eigenvalue weighted by atomic mass is 32.1. The number of fused-ring (bicyclic) bond motifs is 1. The van der Waals surface area contributed by atoms with E-state index in [9.17, 15) is 9.59 Å². The Balaban J connectivity index is 2.62. The molecule has 0 amide bonds. The Kier molecular flexibility index (Phi) is 2.93. The Hall–Kier alpha value is -1.76. The van der Waals surface area contributed by atoms with Crippen LogP contribution in [0.3, 0.4) is 0 Å². The van der Waals surface area contributed by atoms with Gasteiger partial charge < -0.3 is 5.11 Å². The molecule has 0 bridgehead atoms. The molecule has 2 aromatic rings. The van der Waals surface area contributed by atoms with Crippen molar-refractivity contribution in [1.29, 1.82) is 0 Å². The summed E-state index contributed by atoms with van der Waals surface area (Å²) in [7, 11) is 0. The van der Waals surface area contributed by atoms with E-state index in [0.717, 1.165) is 15.9 Å². The highest BCUT2D eigenvalue weighted by Gasteiger charge is 2.22. The summed E-state index contributed by atoms with van der Waals surface area (Å²) in [5.74, 6) is -1.61. The first-order valence-corrected chi connectivity index (χ1v) is 5.94. The number of aliphatic carboxylic acids is 1. The molecule has 2 rings (SSSR count). The van der Waals surface area contributed by atoms with Crippen LogP contribution in [0.25, 0.3) is 4.96 Å². The van der Waals surface area contributed by atoms with Gasteiger partial charge in [-0.1, -0.05) is 18.3 Å². The van der Waals surface area contributed by atoms with E-state index in [1.165, 1.54) is 6.07 Å². The quantitative estimate of drug-likeness (QED) is 0.883. The Morgan fingerprint density at radius 2 is 2.35 bits per heavy atom. The first-order valence-electron chi connectivity index (χ1n) is 5.13. The second-order valence-corrected chi connectivity index (χ2v) is 4.66. The average Bonchev–Trinajstić information content (AvgIpc) is 2.61. The van der Waals surface area contributed by atoms with Gasteiger partial charge in [0.15, 0.2) is 0 Å². The van der Waals surface area contributed by atoms with E-state index in [1.807, 2.05) is 0 Å². The topological polar surface area (TPSA) is 84.6 Å². The molecule has 17 heavy (non-hydrogen) atoms. The smallest absolute Gasteiger partial charge is 0.313 e. The van der Waals surface area contributed by atoms with Gasteiger partial charge in [-0.15, -0.1) is 0 Å². The predicted octanol–water partition coefficient (Wildman–Crippen LogP) is 1.04. The van der Waals surface area contributed by atoms with Gasteiger partial charge in [-0.2, -0.15) is 9.61 Å². The Bertz CT molecular complexity index is 631. The maximum Gasteiger partial charge on any atom is 0.313 e. The monoisotopic (exact) mass is 253 g/mol. The minimum Gasteiger partial charge on any atom is -0.481 e. The molecule has 0 fully saturated rings. The molecule has 0 aliphatic heterocycles. The molecule has 1 unspecified atom stereocenters. The third kappa shape index (κ3) is 2.05. The molecule has 0 aromatic carbocycles. The van der Waals surface area contributed by atoms with E-state index in [1.54, 1.807) is 13.8 Å². The lowest BCUT2D eigenvalue weighted by atomic mass is 10.1. The number of hydrogen-bond donors (Lipinski definition) is 1. The second kappa shape index (κ2) is 4.25. The third-order valence-electron chi connectivity index (χ3n) is 2.39. The van der Waals surface area contributed by atoms with Gasteiger partial charge in [-0.3, -0.25) is 9.59 Å². The molecule has 2 heterocycles. The normalized spacial score (nSPS) is 12.8. The van der Waals surface area contributed by atoms with Gasteiger partial charge in [0.2, 0.25) is 4.96 Å². The summed E-state index contributed by atoms with van der Waals surface area (Å²) < 4.78 is 1.15. The van der Waals surface area contributed by atoms with Crippen LogP contribution in [-0.2, 0) is 4.79 Å². The first kappa shape index (κ1) is 11.7. The minimum absolute atomic E-state index is 0.282. The molecule has 7 heteroatoms. The highest BCUT2D eigenvalue weighted by molar-refractivity contribution is 7.16. The predicted molar refractivity (Wildman–Crippen MR) is 62.5 cm³/mol. The van der Waals surface area contributed by atoms with Crippen LogP contribution in [0.2, 0.25) is 0 Å². The Morgan fingerprint density at radius 1 is 1.65 bits per heavy atom. The number of rotatable bonds is 3. The summed E-state index contributed by atoms with van der Waals surface area (Å²) in [6.45, 7) is 3.49. The summed E-state index contributed by atoms with van der Waals surface area (Å²) in [4.78, 5) is 27.2. The summed E-state index contributed by atoms with van der Waals surface area (Å²) in [6, 6.07) is 1.37. The van der Waals surface area contributed by atoms with Crippen molar-refractivity contribution in [2.24, 2.45) is 0 Å². The fraction of sp³-hybridized carbons (Fsp3) is 0.400. The van der Waals surface area contributed by atoms with Crippen LogP contribution in [-0.4, -0.2) is 25.7 Å². The van der Waals surface area contributed by atoms with Crippen molar-refractivity contribution in [3.05, 3.63) is 27.1 Å². The number of hydrogen-bond acceptors (Lipinski definition) is 5. The van der Waals surface area contributed by atoms with Crippen LogP contribution in [0, 0.1) is 6.92 Å². The molecule has 0 radical (unpaired) electrons. The molecular formula is C10H11N3O3S. The van der Waals surface area contributed by atoms with Crippen molar-refractivity contribution in [2.45, 2.75) is 26.2 Å². The third-order valence-corrected chi connectivity index (χ3v) is 3.42. The van der Waals surface area contributed by atoms with Crippen molar-refractivity contribution >= 4 is 22.3 Å². The number of aromatic nitrogens is 3. The number of nitrogens with zero attached hydrogens (tertiary/aromatic N) is 3. The molecule has 2 aromatic heterocycles. The van der Waals surface area contributed by atoms with Crippen LogP contribution < -0.4 is 5.56 Å². The van der Waals surface area contributed by atoms with Gasteiger partial charge >= 0.3 is 5.97 Å². The molecule has 1 atom stereocenters. The molecule has 0 aliphatic rings. The second-order valence-electron chi connectivity index (χ2n) is 3.67. The van der Waals surface area contributed by atoms with Gasteiger partial charge in [0, 0.05) is 11.8 Å². The van der Waals surface area contributed by atoms with E-state index < -0.39 is 11.9 Å². The standard InChI is InChI=1S/C10H11N3O3S/c1-3-6(9(15)16)8-12-13-7(14)4-5(2)11-10(13)17-8/h4,6H,3H2,1-2H3,(H,15,16). The maximum absolute atomic E-state index is 11.6. The highest BCUT2D eigenvalue weighted by Crippen LogP contribution is 2.23. The van der Waals surface area contributed by atoms with Crippen LogP contribution in [0.5, 0.6) is 0 Å². The number of carbonyl (C=O) groups is 1. The van der Waals surface area contributed by atoms with Gasteiger partial charge in [0.25, 0.3) is 5.56 Å². The molecule has 0 spiro atoms. The lowest BCUT2D eigenvalue weighted by Gasteiger charge is -2.02. The van der Waals surface area contributed by atoms with Crippen molar-refractivity contribution in [1.82, 2.24) is 14.6 Å². The molecule has 1 N–H and O–H groups in total. The summed E-state index contributed by atoms with van der Waals surface area (Å²) in [5.41, 5.74) is 0.323. The summed E-state index contributed by atoms with van der Waals surface area (Å²) >= 11 is 1.15. The molecular weight excluding hydrogens is 242 g/mol. The molecule has 0 aliphatic carbocycles. The number of carboxylic acids is 1. The van der Waals surface area contributed by atoms with E-state index in [-0.39, 0.29) is 5.56 Å². The average molecular weight is 253 g/mol. The Labute approximate surface area is 101 Å². The zero-order chi connectivity index (χ0) is 12.6. The molecule has 90 valence electrons. The van der Waals surface area contributed by atoms with Crippen molar-refractivity contribution in [3.8, 4) is 0 Å². The van der Waals surface area contributed by atoms with Crippen molar-refractivity contribution in [2.75, 3.05) is 0 Å². The first-order chi connectivity index (χ1) is 8.02. The molecule has 0 saturated carbocycles. The largest absolute Gasteiger partial charge is 0.481 e. The van der Waals surface area contributed by atoms with Crippen LogP contribution in [0.1, 0.15) is 30.0 Å². The zero-order valence-corrected chi connectivity index (χ0v) is 10.2. The summed E-state index contributed by atoms with van der Waals surface area (Å²) in [6.07, 6.45) is 0.433. The van der Waals surface area contributed by atoms with E-state index in [0.29, 0.717) is 22.1 Å². The van der Waals surface area contributed by atoms with Gasteiger partial charge in [0.05, 0.1) is 0 Å². The van der Waals surface area contributed by atoms with Crippen LogP contribution in [0.15, 0.2) is 10.9 Å². The van der Waals surface area contributed by atoms with Gasteiger partial charge in [-0.05, 0) is 13.3 Å². The molecule has 6 nitrogen and oxygen atoms in total. The van der Waals surface area contributed by atoms with Crippen molar-refractivity contribution in [3.63, 3.8) is 0 Å². The number of carboxylic acid groups (broad SMARTS) is 1.